The number of pyridine rings is 1. The van der Waals surface area contributed by atoms with E-state index in [1.165, 1.54) is 18.2 Å². The van der Waals surface area contributed by atoms with Crippen molar-refractivity contribution < 1.29 is 18.0 Å². The summed E-state index contributed by atoms with van der Waals surface area (Å²) in [6.45, 7) is 4.49. The number of sulfonamides is 1. The Kier molecular flexibility index (Phi) is 10.3. The standard InChI is InChI=1S/C25H31Cl2N5O4S/c1-17(2)13-21(31-24(33)15-19-16-32-12-6-3-7-23(32)30-19)25(34)28-10-4-5-11-29-37(35,36)22-9-8-18(26)14-20(22)27/h3,6-9,12,14,16-17,21,29H,4-5,10-11,13,15H2,1-2H3,(H,28,34)(H,31,33)/t21-/m0/s1. The quantitative estimate of drug-likeness (QED) is 0.272. The number of fused-ring (bicyclic) bond motifs is 1. The number of hydrogen-bond donors (Lipinski definition) is 3. The van der Waals surface area contributed by atoms with Crippen molar-refractivity contribution in [3.63, 3.8) is 0 Å². The van der Waals surface area contributed by atoms with Gasteiger partial charge in [-0.3, -0.25) is 9.59 Å². The highest BCUT2D eigenvalue weighted by molar-refractivity contribution is 7.89. The fourth-order valence-corrected chi connectivity index (χ4v) is 5.59. The van der Waals surface area contributed by atoms with Crippen LogP contribution in [0.3, 0.4) is 0 Å². The molecule has 0 unspecified atom stereocenters. The summed E-state index contributed by atoms with van der Waals surface area (Å²) in [4.78, 5) is 29.8. The molecule has 0 saturated carbocycles. The molecular formula is C25H31Cl2N5O4S. The van der Waals surface area contributed by atoms with Gasteiger partial charge < -0.3 is 15.0 Å². The highest BCUT2D eigenvalue weighted by atomic mass is 35.5. The monoisotopic (exact) mass is 567 g/mol. The van der Waals surface area contributed by atoms with E-state index in [1.54, 1.807) is 6.20 Å². The Hall–Kier alpha value is -2.66. The number of nitrogens with zero attached hydrogens (tertiary/aromatic N) is 2. The van der Waals surface area contributed by atoms with Crippen LogP contribution in [0.4, 0.5) is 0 Å². The molecule has 0 aliphatic carbocycles. The Bertz CT molecular complexity index is 1310. The Morgan fingerprint density at radius 1 is 1.08 bits per heavy atom. The predicted molar refractivity (Wildman–Crippen MR) is 144 cm³/mol. The van der Waals surface area contributed by atoms with E-state index < -0.39 is 16.1 Å². The molecule has 3 N–H and O–H groups in total. The van der Waals surface area contributed by atoms with Crippen LogP contribution >= 0.6 is 23.2 Å². The zero-order chi connectivity index (χ0) is 27.0. The van der Waals surface area contributed by atoms with E-state index in [2.05, 4.69) is 20.3 Å². The highest BCUT2D eigenvalue weighted by Gasteiger charge is 2.22. The van der Waals surface area contributed by atoms with Crippen LogP contribution in [-0.2, 0) is 26.0 Å². The number of amides is 2. The molecule has 1 aromatic carbocycles. The molecule has 0 aliphatic heterocycles. The van der Waals surface area contributed by atoms with E-state index in [-0.39, 0.29) is 40.6 Å². The van der Waals surface area contributed by atoms with Gasteiger partial charge in [-0.25, -0.2) is 18.1 Å². The van der Waals surface area contributed by atoms with Crippen molar-refractivity contribution in [1.29, 1.82) is 0 Å². The molecule has 9 nitrogen and oxygen atoms in total. The third-order valence-electron chi connectivity index (χ3n) is 5.49. The molecule has 3 aromatic rings. The number of aromatic nitrogens is 2. The van der Waals surface area contributed by atoms with Gasteiger partial charge in [0.1, 0.15) is 16.6 Å². The van der Waals surface area contributed by atoms with Crippen LogP contribution in [0.25, 0.3) is 5.65 Å². The molecule has 0 spiro atoms. The number of halogens is 2. The van der Waals surface area contributed by atoms with Gasteiger partial charge in [0.15, 0.2) is 0 Å². The molecule has 3 rings (SSSR count). The van der Waals surface area contributed by atoms with Crippen molar-refractivity contribution in [2.45, 2.75) is 50.5 Å². The Labute approximate surface area is 227 Å². The van der Waals surface area contributed by atoms with Crippen LogP contribution < -0.4 is 15.4 Å². The van der Waals surface area contributed by atoms with Crippen LogP contribution in [0.1, 0.15) is 38.8 Å². The van der Waals surface area contributed by atoms with Crippen LogP contribution in [0.15, 0.2) is 53.7 Å². The first-order valence-electron chi connectivity index (χ1n) is 12.0. The molecule has 0 aliphatic rings. The lowest BCUT2D eigenvalue weighted by Crippen LogP contribution is -2.48. The molecule has 0 saturated heterocycles. The summed E-state index contributed by atoms with van der Waals surface area (Å²) in [6, 6.07) is 9.12. The molecule has 2 heterocycles. The number of hydrogen-bond acceptors (Lipinski definition) is 5. The third-order valence-corrected chi connectivity index (χ3v) is 7.67. The van der Waals surface area contributed by atoms with Crippen LogP contribution in [0.2, 0.25) is 10.0 Å². The molecule has 2 aromatic heterocycles. The molecule has 37 heavy (non-hydrogen) atoms. The first-order valence-corrected chi connectivity index (χ1v) is 14.2. The van der Waals surface area contributed by atoms with E-state index in [0.717, 1.165) is 5.65 Å². The first kappa shape index (κ1) is 28.9. The second kappa shape index (κ2) is 13.2. The van der Waals surface area contributed by atoms with E-state index in [9.17, 15) is 18.0 Å². The lowest BCUT2D eigenvalue weighted by Gasteiger charge is -2.20. The fourth-order valence-electron chi connectivity index (χ4n) is 3.75. The van der Waals surface area contributed by atoms with Crippen LogP contribution in [0, 0.1) is 5.92 Å². The van der Waals surface area contributed by atoms with Crippen LogP contribution in [-0.4, -0.2) is 48.7 Å². The average Bonchev–Trinajstić information content (AvgIpc) is 3.22. The number of rotatable bonds is 13. The number of carbonyl (C=O) groups excluding carboxylic acids is 2. The van der Waals surface area contributed by atoms with E-state index >= 15 is 0 Å². The second-order valence-corrected chi connectivity index (χ2v) is 11.7. The van der Waals surface area contributed by atoms with Crippen LogP contribution in [0.5, 0.6) is 0 Å². The normalized spacial score (nSPS) is 12.6. The van der Waals surface area contributed by atoms with Crippen molar-refractivity contribution in [3.8, 4) is 0 Å². The van der Waals surface area contributed by atoms with Gasteiger partial charge in [0.05, 0.1) is 17.1 Å². The van der Waals surface area contributed by atoms with Gasteiger partial charge in [-0.05, 0) is 55.5 Å². The molecule has 200 valence electrons. The zero-order valence-corrected chi connectivity index (χ0v) is 23.0. The Morgan fingerprint density at radius 2 is 1.84 bits per heavy atom. The zero-order valence-electron chi connectivity index (χ0n) is 20.7. The molecule has 0 fully saturated rings. The van der Waals surface area contributed by atoms with Gasteiger partial charge in [-0.2, -0.15) is 0 Å². The smallest absolute Gasteiger partial charge is 0.242 e. The predicted octanol–water partition coefficient (Wildman–Crippen LogP) is 3.59. The van der Waals surface area contributed by atoms with Crippen molar-refractivity contribution in [2.24, 2.45) is 5.92 Å². The number of carbonyl (C=O) groups is 2. The maximum Gasteiger partial charge on any atom is 0.242 e. The maximum absolute atomic E-state index is 12.8. The minimum atomic E-state index is -3.77. The van der Waals surface area contributed by atoms with E-state index in [4.69, 9.17) is 23.2 Å². The summed E-state index contributed by atoms with van der Waals surface area (Å²) < 4.78 is 29.2. The molecule has 1 atom stereocenters. The SMILES string of the molecule is CC(C)C[C@H](NC(=O)Cc1cn2ccccc2n1)C(=O)NCCCCNS(=O)(=O)c1ccc(Cl)cc1Cl. The van der Waals surface area contributed by atoms with Gasteiger partial charge in [-0.1, -0.05) is 43.1 Å². The summed E-state index contributed by atoms with van der Waals surface area (Å²) in [5.41, 5.74) is 1.37. The summed E-state index contributed by atoms with van der Waals surface area (Å²) in [7, 11) is -3.77. The molecule has 0 bridgehead atoms. The lowest BCUT2D eigenvalue weighted by molar-refractivity contribution is -0.129. The second-order valence-electron chi connectivity index (χ2n) is 9.10. The summed E-state index contributed by atoms with van der Waals surface area (Å²) in [6.07, 6.45) is 5.26. The topological polar surface area (TPSA) is 122 Å². The number of unbranched alkanes of at least 4 members (excludes halogenated alkanes) is 1. The maximum atomic E-state index is 12.8. The summed E-state index contributed by atoms with van der Waals surface area (Å²) in [5, 5.41) is 6.06. The Balaban J connectivity index is 1.44. The first-order chi connectivity index (χ1) is 17.5. The van der Waals surface area contributed by atoms with Crippen molar-refractivity contribution in [3.05, 3.63) is 64.5 Å². The Morgan fingerprint density at radius 3 is 2.54 bits per heavy atom. The lowest BCUT2D eigenvalue weighted by atomic mass is 10.0. The van der Waals surface area contributed by atoms with Gasteiger partial charge in [0, 0.05) is 30.5 Å². The molecule has 2 amide bonds. The largest absolute Gasteiger partial charge is 0.354 e. The molecular weight excluding hydrogens is 537 g/mol. The minimum Gasteiger partial charge on any atom is -0.354 e. The number of benzene rings is 1. The van der Waals surface area contributed by atoms with Gasteiger partial charge >= 0.3 is 0 Å². The van der Waals surface area contributed by atoms with Gasteiger partial charge in [-0.15, -0.1) is 0 Å². The molecule has 12 heteroatoms. The van der Waals surface area contributed by atoms with Gasteiger partial charge in [0.2, 0.25) is 21.8 Å². The average molecular weight is 569 g/mol. The summed E-state index contributed by atoms with van der Waals surface area (Å²) >= 11 is 11.8. The van der Waals surface area contributed by atoms with Gasteiger partial charge in [0.25, 0.3) is 0 Å². The number of nitrogens with one attached hydrogen (secondary N) is 3. The number of imidazole rings is 1. The van der Waals surface area contributed by atoms with Crippen molar-refractivity contribution in [1.82, 2.24) is 24.7 Å². The van der Waals surface area contributed by atoms with Crippen molar-refractivity contribution in [2.75, 3.05) is 13.1 Å². The van der Waals surface area contributed by atoms with E-state index in [1.807, 2.05) is 42.6 Å². The summed E-state index contributed by atoms with van der Waals surface area (Å²) in [5.74, 6) is -0.356. The minimum absolute atomic E-state index is 0.0391. The highest BCUT2D eigenvalue weighted by Crippen LogP contribution is 2.24. The molecule has 0 radical (unpaired) electrons. The fraction of sp³-hybridized carbons (Fsp3) is 0.400. The third kappa shape index (κ3) is 8.70. The van der Waals surface area contributed by atoms with E-state index in [0.29, 0.717) is 36.5 Å². The van der Waals surface area contributed by atoms with Crippen molar-refractivity contribution >= 4 is 50.7 Å².